The van der Waals surface area contributed by atoms with Crippen LogP contribution in [0.3, 0.4) is 0 Å². The number of piperidine rings is 1. The highest BCUT2D eigenvalue weighted by molar-refractivity contribution is 7.15. The van der Waals surface area contributed by atoms with Crippen LogP contribution in [0.2, 0.25) is 0 Å². The number of ether oxygens (including phenoxy) is 1. The van der Waals surface area contributed by atoms with Crippen LogP contribution in [0.25, 0.3) is 0 Å². The van der Waals surface area contributed by atoms with E-state index in [1.807, 2.05) is 55.3 Å². The van der Waals surface area contributed by atoms with Gasteiger partial charge >= 0.3 is 0 Å². The molecule has 2 aromatic heterocycles. The molecule has 3 aromatic rings. The molecule has 162 valence electrons. The Morgan fingerprint density at radius 1 is 1.26 bits per heavy atom. The number of methoxy groups -OCH3 is 1. The van der Waals surface area contributed by atoms with E-state index in [1.165, 1.54) is 0 Å². The first-order valence-electron chi connectivity index (χ1n) is 10.5. The zero-order valence-electron chi connectivity index (χ0n) is 18.1. The summed E-state index contributed by atoms with van der Waals surface area (Å²) in [5.41, 5.74) is 1.69. The highest BCUT2D eigenvalue weighted by Crippen LogP contribution is 2.25. The van der Waals surface area contributed by atoms with Crippen LogP contribution < -0.4 is 10.1 Å². The minimum atomic E-state index is 0.0766. The number of thiazole rings is 1. The number of aromatic nitrogens is 3. The van der Waals surface area contributed by atoms with Gasteiger partial charge in [0, 0.05) is 41.5 Å². The van der Waals surface area contributed by atoms with Crippen LogP contribution in [0.4, 0.5) is 10.9 Å². The standard InChI is InChI=1S/C23H27N5O2S/c1-15-13-24-23(31-15)27-21-12-19(25-16(2)26-21)11-17-5-4-10-28(14-17)22(29)18-6-8-20(30-3)9-7-18/h6-9,12-13,17H,4-5,10-11,14H2,1-3H3,(H,24,25,26,27)/t17-/m0/s1. The Hall–Kier alpha value is -3.00. The van der Waals surface area contributed by atoms with Gasteiger partial charge in [0.05, 0.1) is 7.11 Å². The molecule has 1 aliphatic rings. The molecule has 0 bridgehead atoms. The summed E-state index contributed by atoms with van der Waals surface area (Å²) >= 11 is 1.60. The second-order valence-electron chi connectivity index (χ2n) is 7.88. The van der Waals surface area contributed by atoms with Crippen LogP contribution in [0, 0.1) is 19.8 Å². The normalized spacial score (nSPS) is 16.2. The molecule has 1 atom stereocenters. The Morgan fingerprint density at radius 3 is 2.77 bits per heavy atom. The molecule has 0 unspecified atom stereocenters. The van der Waals surface area contributed by atoms with Crippen molar-refractivity contribution in [3.8, 4) is 5.75 Å². The number of carbonyl (C=O) groups is 1. The first-order valence-corrected chi connectivity index (χ1v) is 11.3. The summed E-state index contributed by atoms with van der Waals surface area (Å²) in [5, 5.41) is 4.11. The first-order chi connectivity index (χ1) is 15.0. The highest BCUT2D eigenvalue weighted by atomic mass is 32.1. The number of carbonyl (C=O) groups excluding carboxylic acids is 1. The van der Waals surface area contributed by atoms with E-state index >= 15 is 0 Å². The topological polar surface area (TPSA) is 80.2 Å². The first kappa shape index (κ1) is 21.2. The molecule has 31 heavy (non-hydrogen) atoms. The lowest BCUT2D eigenvalue weighted by Crippen LogP contribution is -2.40. The van der Waals surface area contributed by atoms with E-state index in [1.54, 1.807) is 18.4 Å². The molecule has 0 spiro atoms. The summed E-state index contributed by atoms with van der Waals surface area (Å²) < 4.78 is 5.19. The van der Waals surface area contributed by atoms with Gasteiger partial charge in [-0.1, -0.05) is 0 Å². The van der Waals surface area contributed by atoms with Crippen LogP contribution in [0.15, 0.2) is 36.5 Å². The van der Waals surface area contributed by atoms with Crippen molar-refractivity contribution in [2.75, 3.05) is 25.5 Å². The third kappa shape index (κ3) is 5.38. The summed E-state index contributed by atoms with van der Waals surface area (Å²) in [4.78, 5) is 29.5. The van der Waals surface area contributed by atoms with Crippen LogP contribution in [0.5, 0.6) is 5.75 Å². The van der Waals surface area contributed by atoms with Gasteiger partial charge in [0.25, 0.3) is 5.91 Å². The summed E-state index contributed by atoms with van der Waals surface area (Å²) in [7, 11) is 1.62. The van der Waals surface area contributed by atoms with Gasteiger partial charge in [-0.3, -0.25) is 4.79 Å². The van der Waals surface area contributed by atoms with Gasteiger partial charge in [0.2, 0.25) is 0 Å². The van der Waals surface area contributed by atoms with E-state index in [4.69, 9.17) is 4.74 Å². The minimum absolute atomic E-state index is 0.0766. The predicted molar refractivity (Wildman–Crippen MR) is 122 cm³/mol. The number of benzene rings is 1. The van der Waals surface area contributed by atoms with Gasteiger partial charge in [-0.15, -0.1) is 11.3 Å². The van der Waals surface area contributed by atoms with Crippen molar-refractivity contribution < 1.29 is 9.53 Å². The van der Waals surface area contributed by atoms with E-state index in [0.717, 1.165) is 65.4 Å². The molecular formula is C23H27N5O2S. The van der Waals surface area contributed by atoms with Crippen molar-refractivity contribution in [3.63, 3.8) is 0 Å². The molecule has 0 radical (unpaired) electrons. The van der Waals surface area contributed by atoms with E-state index < -0.39 is 0 Å². The van der Waals surface area contributed by atoms with Crippen LogP contribution >= 0.6 is 11.3 Å². The summed E-state index contributed by atoms with van der Waals surface area (Å²) in [6, 6.07) is 9.31. The number of amides is 1. The second kappa shape index (κ2) is 9.43. The number of nitrogens with one attached hydrogen (secondary N) is 1. The van der Waals surface area contributed by atoms with Gasteiger partial charge < -0.3 is 15.0 Å². The van der Waals surface area contributed by atoms with Gasteiger partial charge in [0.1, 0.15) is 17.4 Å². The lowest BCUT2D eigenvalue weighted by atomic mass is 9.92. The van der Waals surface area contributed by atoms with E-state index in [-0.39, 0.29) is 5.91 Å². The maximum absolute atomic E-state index is 13.0. The zero-order valence-corrected chi connectivity index (χ0v) is 18.9. The number of nitrogens with zero attached hydrogens (tertiary/aromatic N) is 4. The van der Waals surface area contributed by atoms with E-state index in [9.17, 15) is 4.79 Å². The number of anilines is 2. The number of rotatable bonds is 6. The van der Waals surface area contributed by atoms with Gasteiger partial charge in [0.15, 0.2) is 5.13 Å². The molecule has 0 aliphatic carbocycles. The molecule has 0 saturated carbocycles. The van der Waals surface area contributed by atoms with Gasteiger partial charge in [-0.2, -0.15) is 0 Å². The Kier molecular flexibility index (Phi) is 6.46. The monoisotopic (exact) mass is 437 g/mol. The average molecular weight is 438 g/mol. The minimum Gasteiger partial charge on any atom is -0.497 e. The Bertz CT molecular complexity index is 1050. The quantitative estimate of drug-likeness (QED) is 0.616. The van der Waals surface area contributed by atoms with E-state index in [0.29, 0.717) is 11.5 Å². The highest BCUT2D eigenvalue weighted by Gasteiger charge is 2.25. The largest absolute Gasteiger partial charge is 0.497 e. The lowest BCUT2D eigenvalue weighted by molar-refractivity contribution is 0.0672. The van der Waals surface area contributed by atoms with Gasteiger partial charge in [-0.05, 0) is 63.3 Å². The number of hydrogen-bond acceptors (Lipinski definition) is 7. The maximum atomic E-state index is 13.0. The Labute approximate surface area is 186 Å². The van der Waals surface area contributed by atoms with Crippen molar-refractivity contribution >= 4 is 28.2 Å². The molecule has 1 fully saturated rings. The SMILES string of the molecule is COc1ccc(C(=O)N2CCC[C@@H](Cc3cc(Nc4ncc(C)s4)nc(C)n3)C2)cc1. The third-order valence-corrected chi connectivity index (χ3v) is 6.22. The second-order valence-corrected chi connectivity index (χ2v) is 9.12. The Balaban J connectivity index is 1.42. The molecular weight excluding hydrogens is 410 g/mol. The fourth-order valence-corrected chi connectivity index (χ4v) is 4.62. The molecule has 1 aliphatic heterocycles. The summed E-state index contributed by atoms with van der Waals surface area (Å²) in [5.74, 6) is 2.70. The molecule has 1 N–H and O–H groups in total. The van der Waals surface area contributed by atoms with Crippen LogP contribution in [-0.2, 0) is 6.42 Å². The third-order valence-electron chi connectivity index (χ3n) is 5.39. The average Bonchev–Trinajstić information content (AvgIpc) is 3.17. The van der Waals surface area contributed by atoms with Crippen molar-refractivity contribution in [2.45, 2.75) is 33.1 Å². The van der Waals surface area contributed by atoms with Crippen LogP contribution in [-0.4, -0.2) is 46.0 Å². The van der Waals surface area contributed by atoms with Crippen LogP contribution in [0.1, 0.15) is 39.6 Å². The zero-order chi connectivity index (χ0) is 21.8. The van der Waals surface area contributed by atoms with Crippen molar-refractivity contribution in [2.24, 2.45) is 5.92 Å². The number of hydrogen-bond donors (Lipinski definition) is 1. The van der Waals surface area contributed by atoms with Crippen molar-refractivity contribution in [1.82, 2.24) is 19.9 Å². The van der Waals surface area contributed by atoms with E-state index in [2.05, 4.69) is 20.3 Å². The number of aryl methyl sites for hydroxylation is 2. The molecule has 7 nitrogen and oxygen atoms in total. The fraction of sp³-hybridized carbons (Fsp3) is 0.391. The molecule has 1 aromatic carbocycles. The molecule has 8 heteroatoms. The summed E-state index contributed by atoms with van der Waals surface area (Å²) in [6.45, 7) is 5.46. The van der Waals surface area contributed by atoms with Crippen molar-refractivity contribution in [1.29, 1.82) is 0 Å². The smallest absolute Gasteiger partial charge is 0.253 e. The molecule has 1 amide bonds. The fourth-order valence-electron chi connectivity index (χ4n) is 3.95. The number of likely N-dealkylation sites (tertiary alicyclic amines) is 1. The van der Waals surface area contributed by atoms with Crippen molar-refractivity contribution in [3.05, 3.63) is 58.5 Å². The van der Waals surface area contributed by atoms with Gasteiger partial charge in [-0.25, -0.2) is 15.0 Å². The summed E-state index contributed by atoms with van der Waals surface area (Å²) in [6.07, 6.45) is 4.75. The molecule has 4 rings (SSSR count). The maximum Gasteiger partial charge on any atom is 0.253 e. The Morgan fingerprint density at radius 2 is 2.06 bits per heavy atom. The molecule has 1 saturated heterocycles. The lowest BCUT2D eigenvalue weighted by Gasteiger charge is -2.33. The predicted octanol–water partition coefficient (Wildman–Crippen LogP) is 4.40. The molecule has 3 heterocycles.